The lowest BCUT2D eigenvalue weighted by atomic mass is 9.92. The molecule has 0 radical (unpaired) electrons. The van der Waals surface area contributed by atoms with Crippen LogP contribution in [-0.2, 0) is 0 Å². The molecule has 0 saturated heterocycles. The van der Waals surface area contributed by atoms with Crippen molar-refractivity contribution >= 4 is 51.1 Å². The Morgan fingerprint density at radius 2 is 1.38 bits per heavy atom. The van der Waals surface area contributed by atoms with Crippen LogP contribution in [0.15, 0.2) is 138 Å². The molecule has 2 aliphatic heterocycles. The number of hydrogen-bond donors (Lipinski definition) is 1. The largest absolute Gasteiger partial charge is 0.367 e. The quantitative estimate of drug-likeness (QED) is 0.216. The lowest BCUT2D eigenvalue weighted by Gasteiger charge is -2.22. The Bertz CT molecular complexity index is 2160. The third-order valence-electron chi connectivity index (χ3n) is 8.16. The van der Waals surface area contributed by atoms with Gasteiger partial charge in [0.1, 0.15) is 0 Å². The van der Waals surface area contributed by atoms with Gasteiger partial charge >= 0.3 is 0 Å². The van der Waals surface area contributed by atoms with E-state index < -0.39 is 0 Å². The van der Waals surface area contributed by atoms with Crippen molar-refractivity contribution in [3.63, 3.8) is 0 Å². The van der Waals surface area contributed by atoms with Gasteiger partial charge < -0.3 is 4.98 Å². The summed E-state index contributed by atoms with van der Waals surface area (Å²) in [7, 11) is 0. The van der Waals surface area contributed by atoms with Gasteiger partial charge in [0.05, 0.1) is 17.3 Å². The van der Waals surface area contributed by atoms with Crippen LogP contribution in [0.2, 0.25) is 0 Å². The molecule has 1 aromatic heterocycles. The predicted molar refractivity (Wildman–Crippen MR) is 177 cm³/mol. The molecule has 5 aromatic carbocycles. The van der Waals surface area contributed by atoms with Gasteiger partial charge in [-0.3, -0.25) is 4.99 Å². The summed E-state index contributed by atoms with van der Waals surface area (Å²) in [5.74, 6) is 0.751. The van der Waals surface area contributed by atoms with Crippen LogP contribution in [0.4, 0.5) is 0 Å². The van der Waals surface area contributed by atoms with E-state index in [-0.39, 0.29) is 6.04 Å². The number of fused-ring (bicyclic) bond motifs is 2. The Morgan fingerprint density at radius 3 is 2.14 bits per heavy atom. The maximum Gasteiger partial charge on any atom is 0.300 e. The molecule has 0 aliphatic carbocycles. The molecule has 0 spiro atoms. The van der Waals surface area contributed by atoms with Crippen molar-refractivity contribution in [2.75, 3.05) is 0 Å². The molecule has 0 amide bonds. The second-order valence-corrected chi connectivity index (χ2v) is 10.8. The molecular formula is C38H27N4+. The third-order valence-corrected chi connectivity index (χ3v) is 8.16. The number of H-pyrrole nitrogens is 1. The smallest absolute Gasteiger partial charge is 0.300 e. The zero-order valence-corrected chi connectivity index (χ0v) is 22.9. The number of amidine groups is 1. The maximum atomic E-state index is 5.32. The third kappa shape index (κ3) is 4.50. The molecule has 6 aromatic rings. The van der Waals surface area contributed by atoms with E-state index >= 15 is 0 Å². The standard InChI is InChI=1S/C38H27N4/c1-3-7-27-17-29(11-9-25(27)5-1)36-22-37(30-12-10-26-6-2-4-8-28(26)18-30)42-38(41-36)35-20-33(31-13-15-39-23-31)19-34(21-35)32-14-16-40-24-32/h1-21,23-24,36,39H,22H2/q+1. The first-order valence-corrected chi connectivity index (χ1v) is 14.3. The zero-order chi connectivity index (χ0) is 27.9. The minimum Gasteiger partial charge on any atom is -0.367 e. The number of rotatable bonds is 5. The van der Waals surface area contributed by atoms with Crippen molar-refractivity contribution in [2.24, 2.45) is 9.98 Å². The monoisotopic (exact) mass is 539 g/mol. The van der Waals surface area contributed by atoms with E-state index in [4.69, 9.17) is 9.98 Å². The van der Waals surface area contributed by atoms with Crippen LogP contribution in [0.3, 0.4) is 0 Å². The first-order valence-electron chi connectivity index (χ1n) is 14.3. The number of benzene rings is 5. The molecule has 0 bridgehead atoms. The Hall–Kier alpha value is -5.57. The second kappa shape index (κ2) is 10.1. The number of nitrogens with zero attached hydrogens (tertiary/aromatic N) is 3. The highest BCUT2D eigenvalue weighted by atomic mass is 15.0. The minimum absolute atomic E-state index is 0.0523. The molecule has 1 atom stereocenters. The van der Waals surface area contributed by atoms with Gasteiger partial charge in [-0.15, -0.1) is 4.67 Å². The SMILES string of the molecule is C1=[N+]=CC(c2cc(C3=NC(c4ccc5ccccc5c4)CC(c4ccc5ccccc5c4)=N3)cc(-c3cc[nH]c3)c2)=C1. The topological polar surface area (TPSA) is 54.6 Å². The van der Waals surface area contributed by atoms with E-state index in [9.17, 15) is 0 Å². The number of aromatic amines is 1. The van der Waals surface area contributed by atoms with Crippen molar-refractivity contribution in [3.8, 4) is 11.1 Å². The molecule has 1 unspecified atom stereocenters. The van der Waals surface area contributed by atoms with E-state index in [1.54, 1.807) is 0 Å². The average molecular weight is 540 g/mol. The summed E-state index contributed by atoms with van der Waals surface area (Å²) in [5, 5.41) is 4.90. The van der Waals surface area contributed by atoms with Crippen molar-refractivity contribution in [3.05, 3.63) is 150 Å². The fourth-order valence-corrected chi connectivity index (χ4v) is 5.93. The van der Waals surface area contributed by atoms with Gasteiger partial charge in [0, 0.05) is 30.5 Å². The van der Waals surface area contributed by atoms with Gasteiger partial charge in [0.2, 0.25) is 0 Å². The average Bonchev–Trinajstić information content (AvgIpc) is 3.80. The summed E-state index contributed by atoms with van der Waals surface area (Å²) >= 11 is 0. The van der Waals surface area contributed by atoms with Crippen LogP contribution in [0, 0.1) is 0 Å². The van der Waals surface area contributed by atoms with Gasteiger partial charge in [-0.05, 0) is 85.8 Å². The van der Waals surface area contributed by atoms with E-state index in [1.807, 2.05) is 30.9 Å². The molecule has 2 aliphatic rings. The van der Waals surface area contributed by atoms with Crippen LogP contribution < -0.4 is 4.67 Å². The first-order chi connectivity index (χ1) is 20.8. The molecule has 8 rings (SSSR count). The first kappa shape index (κ1) is 24.2. The minimum atomic E-state index is -0.0523. The van der Waals surface area contributed by atoms with Gasteiger partial charge in [0.15, 0.2) is 5.84 Å². The highest BCUT2D eigenvalue weighted by molar-refractivity contribution is 6.19. The Morgan fingerprint density at radius 1 is 0.643 bits per heavy atom. The van der Waals surface area contributed by atoms with E-state index in [2.05, 4.69) is 119 Å². The predicted octanol–water partition coefficient (Wildman–Crippen LogP) is 7.97. The lowest BCUT2D eigenvalue weighted by molar-refractivity contribution is 0.755. The molecule has 4 heteroatoms. The molecular weight excluding hydrogens is 512 g/mol. The lowest BCUT2D eigenvalue weighted by Crippen LogP contribution is -2.17. The summed E-state index contributed by atoms with van der Waals surface area (Å²) in [6.07, 6.45) is 10.5. The van der Waals surface area contributed by atoms with Crippen LogP contribution in [0.25, 0.3) is 38.2 Å². The molecule has 0 fully saturated rings. The molecule has 198 valence electrons. The number of allylic oxidation sites excluding steroid dienone is 2. The van der Waals surface area contributed by atoms with E-state index in [0.717, 1.165) is 51.4 Å². The summed E-state index contributed by atoms with van der Waals surface area (Å²) in [5.41, 5.74) is 8.78. The number of aromatic nitrogens is 1. The van der Waals surface area contributed by atoms with Crippen LogP contribution in [-0.4, -0.2) is 29.0 Å². The fraction of sp³-hybridized carbons (Fsp3) is 0.0526. The summed E-state index contributed by atoms with van der Waals surface area (Å²) in [6, 6.07) is 39.0. The second-order valence-electron chi connectivity index (χ2n) is 10.8. The van der Waals surface area contributed by atoms with Gasteiger partial charge in [-0.2, -0.15) is 0 Å². The number of nitrogens with one attached hydrogen (secondary N) is 1. The van der Waals surface area contributed by atoms with Crippen molar-refractivity contribution in [2.45, 2.75) is 12.5 Å². The molecule has 42 heavy (non-hydrogen) atoms. The highest BCUT2D eigenvalue weighted by Gasteiger charge is 2.24. The van der Waals surface area contributed by atoms with Gasteiger partial charge in [0.25, 0.3) is 12.4 Å². The van der Waals surface area contributed by atoms with Gasteiger partial charge in [-0.25, -0.2) is 4.99 Å². The maximum absolute atomic E-state index is 5.32. The Labute approximate surface area is 243 Å². The van der Waals surface area contributed by atoms with Crippen molar-refractivity contribution in [1.82, 2.24) is 9.65 Å². The van der Waals surface area contributed by atoms with Crippen molar-refractivity contribution in [1.29, 1.82) is 0 Å². The fourth-order valence-electron chi connectivity index (χ4n) is 5.93. The van der Waals surface area contributed by atoms with E-state index in [1.165, 1.54) is 27.1 Å². The number of aliphatic imine (C=N–C) groups is 2. The summed E-state index contributed by atoms with van der Waals surface area (Å²) in [4.78, 5) is 13.8. The van der Waals surface area contributed by atoms with Crippen LogP contribution >= 0.6 is 0 Å². The molecule has 3 heterocycles. The highest BCUT2D eigenvalue weighted by Crippen LogP contribution is 2.33. The Balaban J connectivity index is 1.30. The normalized spacial score (nSPS) is 16.1. The molecule has 0 saturated carbocycles. The van der Waals surface area contributed by atoms with Gasteiger partial charge in [-0.1, -0.05) is 72.8 Å². The number of hydrogen-bond acceptors (Lipinski definition) is 2. The van der Waals surface area contributed by atoms with E-state index in [0.29, 0.717) is 0 Å². The van der Waals surface area contributed by atoms with Crippen LogP contribution in [0.1, 0.15) is 34.7 Å². The zero-order valence-electron chi connectivity index (χ0n) is 22.9. The summed E-state index contributed by atoms with van der Waals surface area (Å²) < 4.78 is 4.32. The summed E-state index contributed by atoms with van der Waals surface area (Å²) in [6.45, 7) is 0. The van der Waals surface area contributed by atoms with Crippen LogP contribution in [0.5, 0.6) is 0 Å². The van der Waals surface area contributed by atoms with Crippen molar-refractivity contribution < 1.29 is 0 Å². The molecule has 1 N–H and O–H groups in total. The Kier molecular flexibility index (Phi) is 5.84. The molecule has 4 nitrogen and oxygen atoms in total.